The number of hydrogen-bond donors (Lipinski definition) is 1. The lowest BCUT2D eigenvalue weighted by atomic mass is 9.71. The highest BCUT2D eigenvalue weighted by atomic mass is 19.1. The lowest BCUT2D eigenvalue weighted by molar-refractivity contribution is 0.135. The maximum Gasteiger partial charge on any atom is 0.404 e. The van der Waals surface area contributed by atoms with Gasteiger partial charge in [-0.25, -0.2) is 14.2 Å². The predicted molar refractivity (Wildman–Crippen MR) is 102 cm³/mol. The quantitative estimate of drug-likeness (QED) is 0.814. The fourth-order valence-electron chi connectivity index (χ4n) is 3.97. The zero-order valence-corrected chi connectivity index (χ0v) is 16.2. The Labute approximate surface area is 159 Å². The van der Waals surface area contributed by atoms with Crippen LogP contribution in [-0.2, 0) is 11.3 Å². The van der Waals surface area contributed by atoms with Crippen molar-refractivity contribution in [1.82, 2.24) is 9.55 Å². The number of rotatable bonds is 4. The topological polar surface area (TPSA) is 70.1 Å². The van der Waals surface area contributed by atoms with E-state index in [0.717, 1.165) is 36.9 Å². The van der Waals surface area contributed by atoms with Gasteiger partial charge in [0.15, 0.2) is 6.61 Å². The van der Waals surface area contributed by atoms with Crippen LogP contribution in [0.5, 0.6) is 0 Å². The Balaban J connectivity index is 1.84. The Kier molecular flexibility index (Phi) is 5.53. The van der Waals surface area contributed by atoms with Crippen LogP contribution in [0.2, 0.25) is 0 Å². The van der Waals surface area contributed by atoms with Crippen LogP contribution in [0.3, 0.4) is 0 Å². The van der Waals surface area contributed by atoms with Crippen LogP contribution >= 0.6 is 0 Å². The van der Waals surface area contributed by atoms with Crippen LogP contribution in [-0.4, -0.2) is 15.6 Å². The fraction of sp³-hybridized carbons (Fsp3) is 0.524. The molecule has 1 aliphatic carbocycles. The smallest absolute Gasteiger partial charge is 0.404 e. The van der Waals surface area contributed by atoms with E-state index in [2.05, 4.69) is 30.3 Å². The third-order valence-corrected chi connectivity index (χ3v) is 5.61. The lowest BCUT2D eigenvalue weighted by Crippen LogP contribution is -2.27. The standard InChI is InChI=1S/C21H28FN3O2/c1-21(2,3)15-6-10-17(11-7-15)25-12-18(14-4-8-16(22)9-5-14)24-19(25)13-27-20(23)26/h4-5,8-9,12,15,17H,6-7,10-11,13H2,1-3H3,(H2,23,26). The molecule has 0 radical (unpaired) electrons. The summed E-state index contributed by atoms with van der Waals surface area (Å²) in [7, 11) is 0. The Bertz CT molecular complexity index is 785. The molecular formula is C21H28FN3O2. The molecule has 1 saturated carbocycles. The minimum Gasteiger partial charge on any atom is -0.442 e. The Morgan fingerprint density at radius 2 is 1.85 bits per heavy atom. The Hall–Kier alpha value is -2.37. The fourth-order valence-corrected chi connectivity index (χ4v) is 3.97. The van der Waals surface area contributed by atoms with E-state index in [4.69, 9.17) is 10.5 Å². The molecule has 1 aromatic heterocycles. The first-order valence-corrected chi connectivity index (χ1v) is 9.50. The summed E-state index contributed by atoms with van der Waals surface area (Å²) in [4.78, 5) is 15.7. The number of aromatic nitrogens is 2. The van der Waals surface area contributed by atoms with Crippen molar-refractivity contribution >= 4 is 6.09 Å². The van der Waals surface area contributed by atoms with Crippen LogP contribution in [0.25, 0.3) is 11.3 Å². The van der Waals surface area contributed by atoms with Gasteiger partial charge in [0, 0.05) is 17.8 Å². The van der Waals surface area contributed by atoms with Crippen LogP contribution in [0.1, 0.15) is 58.3 Å². The molecule has 1 amide bonds. The molecule has 0 atom stereocenters. The van der Waals surface area contributed by atoms with Crippen LogP contribution in [0.4, 0.5) is 9.18 Å². The van der Waals surface area contributed by atoms with Gasteiger partial charge in [-0.05, 0) is 61.3 Å². The molecule has 3 rings (SSSR count). The van der Waals surface area contributed by atoms with Gasteiger partial charge in [-0.1, -0.05) is 20.8 Å². The van der Waals surface area contributed by atoms with Gasteiger partial charge in [0.1, 0.15) is 11.6 Å². The predicted octanol–water partition coefficient (Wildman–Crippen LogP) is 5.06. The third-order valence-electron chi connectivity index (χ3n) is 5.61. The number of carbonyl (C=O) groups is 1. The van der Waals surface area contributed by atoms with Crippen LogP contribution in [0, 0.1) is 17.2 Å². The molecule has 1 aromatic carbocycles. The summed E-state index contributed by atoms with van der Waals surface area (Å²) in [5, 5.41) is 0. The second kappa shape index (κ2) is 7.71. The number of imidazole rings is 1. The average molecular weight is 373 g/mol. The van der Waals surface area contributed by atoms with E-state index in [9.17, 15) is 9.18 Å². The van der Waals surface area contributed by atoms with Crippen molar-refractivity contribution in [3.05, 3.63) is 42.1 Å². The van der Waals surface area contributed by atoms with Gasteiger partial charge in [0.2, 0.25) is 0 Å². The first-order chi connectivity index (χ1) is 12.7. The van der Waals surface area contributed by atoms with E-state index in [-0.39, 0.29) is 12.4 Å². The van der Waals surface area contributed by atoms with Gasteiger partial charge < -0.3 is 15.0 Å². The molecule has 1 heterocycles. The van der Waals surface area contributed by atoms with E-state index < -0.39 is 6.09 Å². The zero-order valence-electron chi connectivity index (χ0n) is 16.2. The Morgan fingerprint density at radius 1 is 1.22 bits per heavy atom. The number of halogens is 1. The third kappa shape index (κ3) is 4.67. The minimum atomic E-state index is -0.815. The maximum atomic E-state index is 13.2. The summed E-state index contributed by atoms with van der Waals surface area (Å²) in [6, 6.07) is 6.57. The maximum absolute atomic E-state index is 13.2. The monoisotopic (exact) mass is 373 g/mol. The number of nitrogens with zero attached hydrogens (tertiary/aromatic N) is 2. The van der Waals surface area contributed by atoms with Gasteiger partial charge in [-0.15, -0.1) is 0 Å². The molecule has 6 heteroatoms. The molecule has 2 aromatic rings. The molecule has 0 bridgehead atoms. The second-order valence-corrected chi connectivity index (χ2v) is 8.44. The molecule has 2 N–H and O–H groups in total. The highest BCUT2D eigenvalue weighted by Crippen LogP contribution is 2.42. The molecule has 146 valence electrons. The summed E-state index contributed by atoms with van der Waals surface area (Å²) >= 11 is 0. The van der Waals surface area contributed by atoms with E-state index in [1.54, 1.807) is 12.1 Å². The molecule has 0 spiro atoms. The highest BCUT2D eigenvalue weighted by Gasteiger charge is 2.31. The molecule has 27 heavy (non-hydrogen) atoms. The van der Waals surface area contributed by atoms with E-state index in [0.29, 0.717) is 23.2 Å². The van der Waals surface area contributed by atoms with E-state index in [1.807, 2.05) is 6.20 Å². The van der Waals surface area contributed by atoms with E-state index >= 15 is 0 Å². The molecule has 0 saturated heterocycles. The summed E-state index contributed by atoms with van der Waals surface area (Å²) in [6.45, 7) is 6.94. The van der Waals surface area contributed by atoms with Crippen LogP contribution in [0.15, 0.2) is 30.5 Å². The normalized spacial score (nSPS) is 20.4. The van der Waals surface area contributed by atoms with Crippen LogP contribution < -0.4 is 5.73 Å². The summed E-state index contributed by atoms with van der Waals surface area (Å²) in [6.07, 6.45) is 5.61. The van der Waals surface area contributed by atoms with Crippen molar-refractivity contribution < 1.29 is 13.9 Å². The van der Waals surface area contributed by atoms with Gasteiger partial charge in [-0.3, -0.25) is 0 Å². The van der Waals surface area contributed by atoms with Crippen molar-refractivity contribution in [3.8, 4) is 11.3 Å². The lowest BCUT2D eigenvalue weighted by Gasteiger charge is -2.37. The van der Waals surface area contributed by atoms with Gasteiger partial charge in [0.05, 0.1) is 5.69 Å². The molecule has 1 aliphatic rings. The van der Waals surface area contributed by atoms with Gasteiger partial charge in [0.25, 0.3) is 0 Å². The highest BCUT2D eigenvalue weighted by molar-refractivity contribution is 5.64. The summed E-state index contributed by atoms with van der Waals surface area (Å²) in [5.74, 6) is 1.10. The SMILES string of the molecule is CC(C)(C)C1CCC(n2cc(-c3ccc(F)cc3)nc2COC(N)=O)CC1. The Morgan fingerprint density at radius 3 is 2.41 bits per heavy atom. The van der Waals surface area contributed by atoms with Gasteiger partial charge >= 0.3 is 6.09 Å². The molecule has 0 unspecified atom stereocenters. The number of nitrogens with two attached hydrogens (primary N) is 1. The van der Waals surface area contributed by atoms with Gasteiger partial charge in [-0.2, -0.15) is 0 Å². The number of hydrogen-bond acceptors (Lipinski definition) is 3. The molecular weight excluding hydrogens is 345 g/mol. The van der Waals surface area contributed by atoms with E-state index in [1.165, 1.54) is 12.1 Å². The van der Waals surface area contributed by atoms with Crippen molar-refractivity contribution in [3.63, 3.8) is 0 Å². The van der Waals surface area contributed by atoms with Crippen molar-refractivity contribution in [2.75, 3.05) is 0 Å². The largest absolute Gasteiger partial charge is 0.442 e. The van der Waals surface area contributed by atoms with Crippen molar-refractivity contribution in [1.29, 1.82) is 0 Å². The van der Waals surface area contributed by atoms with Crippen molar-refractivity contribution in [2.24, 2.45) is 17.1 Å². The minimum absolute atomic E-state index is 0.0374. The second-order valence-electron chi connectivity index (χ2n) is 8.44. The molecule has 0 aliphatic heterocycles. The molecule has 5 nitrogen and oxygen atoms in total. The number of carbonyl (C=O) groups excluding carboxylic acids is 1. The number of amides is 1. The first kappa shape index (κ1) is 19.4. The average Bonchev–Trinajstić information content (AvgIpc) is 3.04. The number of benzene rings is 1. The zero-order chi connectivity index (χ0) is 19.6. The first-order valence-electron chi connectivity index (χ1n) is 9.50. The number of primary amides is 1. The number of ether oxygens (including phenoxy) is 1. The molecule has 1 fully saturated rings. The summed E-state index contributed by atoms with van der Waals surface area (Å²) in [5.41, 5.74) is 7.02. The van der Waals surface area contributed by atoms with Crippen molar-refractivity contribution in [2.45, 2.75) is 59.1 Å². The summed E-state index contributed by atoms with van der Waals surface area (Å²) < 4.78 is 20.3.